The van der Waals surface area contributed by atoms with E-state index >= 15 is 0 Å². The summed E-state index contributed by atoms with van der Waals surface area (Å²) in [6.45, 7) is 14.0. The second-order valence-electron chi connectivity index (χ2n) is 6.98. The zero-order chi connectivity index (χ0) is 13.4. The third-order valence-electron chi connectivity index (χ3n) is 4.86. The van der Waals surface area contributed by atoms with E-state index in [-0.39, 0.29) is 11.9 Å². The van der Waals surface area contributed by atoms with Gasteiger partial charge in [-0.05, 0) is 29.1 Å². The van der Waals surface area contributed by atoms with Crippen molar-refractivity contribution in [3.05, 3.63) is 0 Å². The van der Waals surface area contributed by atoms with Crippen LogP contribution in [0.2, 0.25) is 0 Å². The summed E-state index contributed by atoms with van der Waals surface area (Å²) in [6, 6.07) is -0.361. The molecule has 0 aliphatic heterocycles. The van der Waals surface area contributed by atoms with Crippen molar-refractivity contribution in [3.8, 4) is 0 Å². The van der Waals surface area contributed by atoms with Gasteiger partial charge in [0, 0.05) is 6.54 Å². The van der Waals surface area contributed by atoms with E-state index in [0.29, 0.717) is 22.7 Å². The fourth-order valence-corrected chi connectivity index (χ4v) is 2.79. The van der Waals surface area contributed by atoms with E-state index in [2.05, 4.69) is 46.9 Å². The summed E-state index contributed by atoms with van der Waals surface area (Å²) in [5.74, 6) is 1.02. The van der Waals surface area contributed by atoms with Gasteiger partial charge >= 0.3 is 0 Å². The highest BCUT2D eigenvalue weighted by atomic mass is 16.2. The molecule has 0 aromatic heterocycles. The van der Waals surface area contributed by atoms with E-state index in [0.717, 1.165) is 13.0 Å². The first kappa shape index (κ1) is 14.5. The third-order valence-corrected chi connectivity index (χ3v) is 4.86. The Labute approximate surface area is 106 Å². The molecule has 17 heavy (non-hydrogen) atoms. The minimum Gasteiger partial charge on any atom is -0.354 e. The van der Waals surface area contributed by atoms with E-state index in [9.17, 15) is 4.79 Å². The molecular weight excluding hydrogens is 212 g/mol. The molecule has 1 atom stereocenters. The molecule has 1 rings (SSSR count). The van der Waals surface area contributed by atoms with Crippen LogP contribution >= 0.6 is 0 Å². The van der Waals surface area contributed by atoms with Crippen LogP contribution in [0.15, 0.2) is 0 Å². The first-order valence-corrected chi connectivity index (χ1v) is 6.64. The Hall–Kier alpha value is -0.570. The van der Waals surface area contributed by atoms with Gasteiger partial charge in [-0.1, -0.05) is 41.5 Å². The van der Waals surface area contributed by atoms with E-state index < -0.39 is 0 Å². The molecule has 1 aliphatic rings. The lowest BCUT2D eigenvalue weighted by atomic mass is 10.0. The summed E-state index contributed by atoms with van der Waals surface area (Å²) in [7, 11) is 0. The number of carbonyl (C=O) groups is 1. The van der Waals surface area contributed by atoms with Gasteiger partial charge < -0.3 is 11.1 Å². The predicted octanol–water partition coefficient (Wildman–Crippen LogP) is 2.16. The zero-order valence-electron chi connectivity index (χ0n) is 12.1. The Kier molecular flexibility index (Phi) is 3.92. The summed E-state index contributed by atoms with van der Waals surface area (Å²) >= 11 is 0. The normalized spacial score (nSPS) is 23.5. The average molecular weight is 240 g/mol. The van der Waals surface area contributed by atoms with Crippen LogP contribution in [0.4, 0.5) is 0 Å². The van der Waals surface area contributed by atoms with E-state index in [4.69, 9.17) is 5.73 Å². The van der Waals surface area contributed by atoms with Crippen LogP contribution in [0.1, 0.15) is 48.0 Å². The lowest BCUT2D eigenvalue weighted by Gasteiger charge is -2.14. The van der Waals surface area contributed by atoms with E-state index in [1.54, 1.807) is 0 Å². The highest BCUT2D eigenvalue weighted by molar-refractivity contribution is 5.81. The maximum atomic E-state index is 11.8. The molecule has 3 heteroatoms. The molecule has 100 valence electrons. The number of nitrogens with two attached hydrogens (primary N) is 1. The summed E-state index contributed by atoms with van der Waals surface area (Å²) < 4.78 is 0. The zero-order valence-corrected chi connectivity index (χ0v) is 12.1. The number of rotatable bonds is 5. The number of hydrogen-bond donors (Lipinski definition) is 2. The molecule has 0 unspecified atom stereocenters. The van der Waals surface area contributed by atoms with Crippen molar-refractivity contribution in [1.29, 1.82) is 0 Å². The maximum absolute atomic E-state index is 11.8. The van der Waals surface area contributed by atoms with Gasteiger partial charge in [-0.15, -0.1) is 0 Å². The summed E-state index contributed by atoms with van der Waals surface area (Å²) in [5.41, 5.74) is 6.49. The predicted molar refractivity (Wildman–Crippen MR) is 71.5 cm³/mol. The molecule has 1 amide bonds. The number of hydrogen-bond acceptors (Lipinski definition) is 2. The Balaban J connectivity index is 2.36. The molecule has 0 aromatic rings. The van der Waals surface area contributed by atoms with Gasteiger partial charge in [0.1, 0.15) is 0 Å². The van der Waals surface area contributed by atoms with Crippen molar-refractivity contribution in [1.82, 2.24) is 5.32 Å². The van der Waals surface area contributed by atoms with Crippen molar-refractivity contribution < 1.29 is 4.79 Å². The van der Waals surface area contributed by atoms with Crippen molar-refractivity contribution >= 4 is 5.91 Å². The van der Waals surface area contributed by atoms with Gasteiger partial charge in [0.2, 0.25) is 5.91 Å². The molecule has 0 radical (unpaired) electrons. The van der Waals surface area contributed by atoms with Crippen LogP contribution in [-0.4, -0.2) is 18.5 Å². The Bertz CT molecular complexity index is 281. The second kappa shape index (κ2) is 4.60. The Morgan fingerprint density at radius 2 is 1.71 bits per heavy atom. The average Bonchev–Trinajstić information content (AvgIpc) is 2.53. The quantitative estimate of drug-likeness (QED) is 0.773. The molecule has 0 aromatic carbocycles. The van der Waals surface area contributed by atoms with E-state index in [1.807, 2.05) is 0 Å². The summed E-state index contributed by atoms with van der Waals surface area (Å²) in [5, 5.41) is 3.00. The molecule has 0 heterocycles. The van der Waals surface area contributed by atoms with E-state index in [1.165, 1.54) is 0 Å². The largest absolute Gasteiger partial charge is 0.354 e. The third kappa shape index (κ3) is 2.82. The van der Waals surface area contributed by atoms with Crippen molar-refractivity contribution in [3.63, 3.8) is 0 Å². The fourth-order valence-electron chi connectivity index (χ4n) is 2.79. The summed E-state index contributed by atoms with van der Waals surface area (Å²) in [6.07, 6.45) is 0.753. The minimum atomic E-state index is -0.361. The topological polar surface area (TPSA) is 55.1 Å². The van der Waals surface area contributed by atoms with Gasteiger partial charge in [-0.25, -0.2) is 0 Å². The first-order chi connectivity index (χ1) is 7.60. The summed E-state index contributed by atoms with van der Waals surface area (Å²) in [4.78, 5) is 11.8. The molecule has 1 aliphatic carbocycles. The highest BCUT2D eigenvalue weighted by Crippen LogP contribution is 2.67. The molecule has 3 nitrogen and oxygen atoms in total. The number of amides is 1. The smallest absolute Gasteiger partial charge is 0.236 e. The van der Waals surface area contributed by atoms with Gasteiger partial charge in [0.05, 0.1) is 6.04 Å². The molecule has 1 fully saturated rings. The number of nitrogens with one attached hydrogen (secondary N) is 1. The van der Waals surface area contributed by atoms with Crippen LogP contribution in [-0.2, 0) is 4.79 Å². The lowest BCUT2D eigenvalue weighted by molar-refractivity contribution is -0.122. The monoisotopic (exact) mass is 240 g/mol. The fraction of sp³-hybridized carbons (Fsp3) is 0.929. The van der Waals surface area contributed by atoms with Gasteiger partial charge in [-0.2, -0.15) is 0 Å². The van der Waals surface area contributed by atoms with Crippen LogP contribution in [0.25, 0.3) is 0 Å². The maximum Gasteiger partial charge on any atom is 0.236 e. The Morgan fingerprint density at radius 1 is 1.24 bits per heavy atom. The minimum absolute atomic E-state index is 0.00259. The molecule has 3 N–H and O–H groups in total. The molecule has 0 bridgehead atoms. The van der Waals surface area contributed by atoms with Crippen molar-refractivity contribution in [2.75, 3.05) is 6.54 Å². The van der Waals surface area contributed by atoms with Crippen LogP contribution in [0.3, 0.4) is 0 Å². The van der Waals surface area contributed by atoms with Gasteiger partial charge in [0.25, 0.3) is 0 Å². The standard InChI is InChI=1S/C14H28N2O/c1-9(2)7-10(15)12(17)16-8-11-13(3,4)14(11,5)6/h9-11H,7-8,15H2,1-6H3,(H,16,17)/t10-/m0/s1. The number of carbonyl (C=O) groups excluding carboxylic acids is 1. The molecule has 1 saturated carbocycles. The van der Waals surface area contributed by atoms with Gasteiger partial charge in [0.15, 0.2) is 0 Å². The Morgan fingerprint density at radius 3 is 2.06 bits per heavy atom. The first-order valence-electron chi connectivity index (χ1n) is 6.64. The van der Waals surface area contributed by atoms with Crippen molar-refractivity contribution in [2.45, 2.75) is 54.0 Å². The second-order valence-corrected chi connectivity index (χ2v) is 6.98. The highest BCUT2D eigenvalue weighted by Gasteiger charge is 2.64. The molecule has 0 spiro atoms. The van der Waals surface area contributed by atoms with Crippen LogP contribution in [0.5, 0.6) is 0 Å². The van der Waals surface area contributed by atoms with Crippen LogP contribution in [0, 0.1) is 22.7 Å². The SMILES string of the molecule is CC(C)C[C@H](N)C(=O)NCC1C(C)(C)C1(C)C. The lowest BCUT2D eigenvalue weighted by Crippen LogP contribution is -2.42. The van der Waals surface area contributed by atoms with Gasteiger partial charge in [-0.3, -0.25) is 4.79 Å². The van der Waals surface area contributed by atoms with Crippen LogP contribution < -0.4 is 11.1 Å². The molecule has 0 saturated heterocycles. The van der Waals surface area contributed by atoms with Crippen molar-refractivity contribution in [2.24, 2.45) is 28.4 Å². The molecular formula is C14H28N2O.